The summed E-state index contributed by atoms with van der Waals surface area (Å²) in [4.78, 5) is 12.4. The van der Waals surface area contributed by atoms with E-state index in [4.69, 9.17) is 0 Å². The lowest BCUT2D eigenvalue weighted by molar-refractivity contribution is -0.176. The number of halogens is 3. The maximum atomic E-state index is 12.7. The highest BCUT2D eigenvalue weighted by Crippen LogP contribution is 2.70. The van der Waals surface area contributed by atoms with E-state index in [9.17, 15) is 26.4 Å². The topological polar surface area (TPSA) is 54.5 Å². The van der Waals surface area contributed by atoms with Crippen molar-refractivity contribution >= 4 is 15.9 Å². The Hall–Kier alpha value is -0.790. The number of nitrogens with zero attached hydrogens (tertiary/aromatic N) is 1. The van der Waals surface area contributed by atoms with Crippen molar-refractivity contribution in [1.82, 2.24) is 4.31 Å². The molecule has 3 fully saturated rings. The lowest BCUT2D eigenvalue weighted by atomic mass is 9.69. The van der Waals surface area contributed by atoms with Crippen molar-refractivity contribution in [3.8, 4) is 0 Å². The van der Waals surface area contributed by atoms with Crippen LogP contribution in [0.1, 0.15) is 46.5 Å². The molecule has 0 aromatic heterocycles. The van der Waals surface area contributed by atoms with Crippen LogP contribution in [0.5, 0.6) is 0 Å². The SMILES string of the molecule is C[C@H](CC(=O)N1[C@@H]2C[C@H]3CC[C@]2(CS1(=O)=O)C3(C)C)C(F)(F)F. The molecule has 0 aromatic carbocycles. The Morgan fingerprint density at radius 3 is 2.48 bits per heavy atom. The first kappa shape index (κ1) is 17.0. The van der Waals surface area contributed by atoms with E-state index in [1.807, 2.05) is 13.8 Å². The molecule has 1 spiro atoms. The fourth-order valence-corrected chi connectivity index (χ4v) is 7.64. The van der Waals surface area contributed by atoms with E-state index in [1.54, 1.807) is 0 Å². The maximum Gasteiger partial charge on any atom is 0.392 e. The molecule has 1 heterocycles. The molecule has 0 unspecified atom stereocenters. The number of rotatable bonds is 2. The third-order valence-corrected chi connectivity index (χ3v) is 8.63. The average molecular weight is 353 g/mol. The van der Waals surface area contributed by atoms with Crippen molar-refractivity contribution in [3.05, 3.63) is 0 Å². The van der Waals surface area contributed by atoms with E-state index >= 15 is 0 Å². The van der Waals surface area contributed by atoms with Gasteiger partial charge in [0, 0.05) is 11.8 Å². The summed E-state index contributed by atoms with van der Waals surface area (Å²) in [6.45, 7) is 4.99. The highest BCUT2D eigenvalue weighted by molar-refractivity contribution is 7.90. The summed E-state index contributed by atoms with van der Waals surface area (Å²) in [6, 6.07) is -0.464. The van der Waals surface area contributed by atoms with Gasteiger partial charge < -0.3 is 0 Å². The van der Waals surface area contributed by atoms with Crippen molar-refractivity contribution in [2.24, 2.45) is 22.7 Å². The number of sulfonamides is 1. The minimum Gasteiger partial charge on any atom is -0.274 e. The Balaban J connectivity index is 1.91. The highest BCUT2D eigenvalue weighted by Gasteiger charge is 2.72. The third kappa shape index (κ3) is 2.16. The second-order valence-corrected chi connectivity index (χ2v) is 9.80. The smallest absolute Gasteiger partial charge is 0.274 e. The second-order valence-electron chi connectivity index (χ2n) is 7.96. The van der Waals surface area contributed by atoms with Crippen molar-refractivity contribution in [2.45, 2.75) is 58.7 Å². The van der Waals surface area contributed by atoms with Crippen LogP contribution in [-0.4, -0.2) is 36.6 Å². The number of fused-ring (bicyclic) bond motifs is 1. The summed E-state index contributed by atoms with van der Waals surface area (Å²) in [5.41, 5.74) is -0.691. The molecular weight excluding hydrogens is 331 g/mol. The molecule has 1 aliphatic heterocycles. The van der Waals surface area contributed by atoms with Gasteiger partial charge in [0.1, 0.15) is 0 Å². The Kier molecular flexibility index (Phi) is 3.44. The number of amides is 1. The zero-order valence-corrected chi connectivity index (χ0v) is 14.3. The van der Waals surface area contributed by atoms with Gasteiger partial charge in [0.2, 0.25) is 15.9 Å². The van der Waals surface area contributed by atoms with Crippen LogP contribution in [0.25, 0.3) is 0 Å². The van der Waals surface area contributed by atoms with E-state index in [-0.39, 0.29) is 11.2 Å². The van der Waals surface area contributed by atoms with Gasteiger partial charge in [-0.1, -0.05) is 20.8 Å². The predicted molar refractivity (Wildman–Crippen MR) is 77.8 cm³/mol. The van der Waals surface area contributed by atoms with Crippen molar-refractivity contribution in [2.75, 3.05) is 5.75 Å². The molecule has 1 saturated heterocycles. The van der Waals surface area contributed by atoms with Gasteiger partial charge in [0.25, 0.3) is 0 Å². The van der Waals surface area contributed by atoms with Crippen LogP contribution in [0.15, 0.2) is 0 Å². The summed E-state index contributed by atoms with van der Waals surface area (Å²) < 4.78 is 64.0. The lowest BCUT2D eigenvalue weighted by Crippen LogP contribution is -2.45. The molecule has 23 heavy (non-hydrogen) atoms. The van der Waals surface area contributed by atoms with Crippen LogP contribution < -0.4 is 0 Å². The van der Waals surface area contributed by atoms with Gasteiger partial charge in [0.15, 0.2) is 0 Å². The fraction of sp³-hybridized carbons (Fsp3) is 0.933. The summed E-state index contributed by atoms with van der Waals surface area (Å²) in [7, 11) is -3.84. The second kappa shape index (κ2) is 4.64. The van der Waals surface area contributed by atoms with E-state index in [0.29, 0.717) is 12.3 Å². The Bertz CT molecular complexity index is 643. The van der Waals surface area contributed by atoms with Crippen LogP contribution in [0.2, 0.25) is 0 Å². The normalized spacial score (nSPS) is 38.6. The first-order valence-electron chi connectivity index (χ1n) is 7.94. The molecule has 4 nitrogen and oxygen atoms in total. The van der Waals surface area contributed by atoms with Crippen LogP contribution in [0.3, 0.4) is 0 Å². The van der Waals surface area contributed by atoms with Gasteiger partial charge in [-0.15, -0.1) is 0 Å². The molecule has 4 atom stereocenters. The van der Waals surface area contributed by atoms with Crippen molar-refractivity contribution < 1.29 is 26.4 Å². The molecule has 2 bridgehead atoms. The third-order valence-electron chi connectivity index (χ3n) is 6.70. The van der Waals surface area contributed by atoms with Gasteiger partial charge >= 0.3 is 6.18 Å². The number of carbonyl (C=O) groups excluding carboxylic acids is 1. The molecular formula is C15H22F3NO3S. The van der Waals surface area contributed by atoms with Gasteiger partial charge in [0.05, 0.1) is 17.7 Å². The average Bonchev–Trinajstić information content (AvgIpc) is 2.83. The molecule has 1 amide bonds. The summed E-state index contributed by atoms with van der Waals surface area (Å²) in [5.74, 6) is -2.52. The largest absolute Gasteiger partial charge is 0.392 e. The molecule has 0 radical (unpaired) electrons. The van der Waals surface area contributed by atoms with Crippen LogP contribution in [0, 0.1) is 22.7 Å². The fourth-order valence-electron chi connectivity index (χ4n) is 5.08. The lowest BCUT2D eigenvalue weighted by Gasteiger charge is -2.37. The van der Waals surface area contributed by atoms with Crippen LogP contribution >= 0.6 is 0 Å². The molecule has 132 valence electrons. The number of hydrogen-bond donors (Lipinski definition) is 0. The molecule has 3 aliphatic rings. The van der Waals surface area contributed by atoms with E-state index in [1.165, 1.54) is 0 Å². The monoisotopic (exact) mass is 353 g/mol. The Morgan fingerprint density at radius 1 is 1.35 bits per heavy atom. The minimum atomic E-state index is -4.50. The van der Waals surface area contributed by atoms with Crippen LogP contribution in [-0.2, 0) is 14.8 Å². The molecule has 2 aliphatic carbocycles. The molecule has 0 aromatic rings. The minimum absolute atomic E-state index is 0.111. The van der Waals surface area contributed by atoms with Crippen molar-refractivity contribution in [3.63, 3.8) is 0 Å². The highest BCUT2D eigenvalue weighted by atomic mass is 32.2. The summed E-state index contributed by atoms with van der Waals surface area (Å²) in [6.07, 6.45) is -3.06. The summed E-state index contributed by atoms with van der Waals surface area (Å²) in [5, 5.41) is 0. The first-order chi connectivity index (χ1) is 10.3. The predicted octanol–water partition coefficient (Wildman–Crippen LogP) is 2.94. The molecule has 2 saturated carbocycles. The quantitative estimate of drug-likeness (QED) is 0.767. The van der Waals surface area contributed by atoms with Crippen LogP contribution in [0.4, 0.5) is 13.2 Å². The Morgan fingerprint density at radius 2 is 1.96 bits per heavy atom. The van der Waals surface area contributed by atoms with E-state index in [2.05, 4.69) is 0 Å². The van der Waals surface area contributed by atoms with Crippen molar-refractivity contribution in [1.29, 1.82) is 0 Å². The van der Waals surface area contributed by atoms with Gasteiger partial charge in [-0.05, 0) is 30.6 Å². The molecule has 3 rings (SSSR count). The van der Waals surface area contributed by atoms with Gasteiger partial charge in [-0.25, -0.2) is 12.7 Å². The molecule has 0 N–H and O–H groups in total. The first-order valence-corrected chi connectivity index (χ1v) is 9.55. The Labute approximate surface area is 134 Å². The van der Waals surface area contributed by atoms with E-state index in [0.717, 1.165) is 24.1 Å². The molecule has 8 heteroatoms. The van der Waals surface area contributed by atoms with Gasteiger partial charge in [-0.2, -0.15) is 13.2 Å². The number of alkyl halides is 3. The van der Waals surface area contributed by atoms with E-state index < -0.39 is 45.9 Å². The number of carbonyl (C=O) groups is 1. The number of hydrogen-bond acceptors (Lipinski definition) is 3. The zero-order valence-electron chi connectivity index (χ0n) is 13.5. The zero-order chi connectivity index (χ0) is 17.4. The summed E-state index contributed by atoms with van der Waals surface area (Å²) >= 11 is 0. The van der Waals surface area contributed by atoms with Gasteiger partial charge in [-0.3, -0.25) is 4.79 Å². The standard InChI is InChI=1S/C15H22F3NO3S/c1-9(15(16,17)18)6-12(20)19-11-7-10-4-5-14(11,13(10,2)3)8-23(19,21)22/h9-11H,4-8H2,1-3H3/t9-,10-,11-,14-/m1/s1. The maximum absolute atomic E-state index is 12.7.